The first-order chi connectivity index (χ1) is 6.88. The predicted molar refractivity (Wildman–Crippen MR) is 62.7 cm³/mol. The zero-order chi connectivity index (χ0) is 11.5. The third-order valence-corrected chi connectivity index (χ3v) is 4.41. The molecule has 0 radical (unpaired) electrons. The number of nitrogens with two attached hydrogens (primary N) is 1. The Morgan fingerprint density at radius 3 is 2.67 bits per heavy atom. The van der Waals surface area contributed by atoms with Crippen LogP contribution in [0.1, 0.15) is 25.6 Å². The Balaban J connectivity index is 2.45. The van der Waals surface area contributed by atoms with Gasteiger partial charge in [-0.3, -0.25) is 0 Å². The van der Waals surface area contributed by atoms with Gasteiger partial charge in [0.2, 0.25) is 10.0 Å². The van der Waals surface area contributed by atoms with E-state index in [2.05, 4.69) is 9.36 Å². The highest BCUT2D eigenvalue weighted by Crippen LogP contribution is 2.22. The molecule has 1 aromatic heterocycles. The van der Waals surface area contributed by atoms with Crippen LogP contribution in [0.25, 0.3) is 0 Å². The molecule has 0 fully saturated rings. The zero-order valence-electron chi connectivity index (χ0n) is 8.50. The third-order valence-electron chi connectivity index (χ3n) is 1.53. The first kappa shape index (κ1) is 12.9. The summed E-state index contributed by atoms with van der Waals surface area (Å²) in [7, 11) is -3.37. The molecule has 0 aliphatic carbocycles. The summed E-state index contributed by atoms with van der Waals surface area (Å²) >= 11 is 2.67. The van der Waals surface area contributed by atoms with E-state index in [1.165, 1.54) is 23.3 Å². The van der Waals surface area contributed by atoms with Crippen molar-refractivity contribution in [2.45, 2.75) is 24.1 Å². The van der Waals surface area contributed by atoms with Gasteiger partial charge in [-0.1, -0.05) is 25.6 Å². The fourth-order valence-electron chi connectivity index (χ4n) is 0.758. The zero-order valence-corrected chi connectivity index (χ0v) is 11.0. The van der Waals surface area contributed by atoms with Crippen molar-refractivity contribution in [1.82, 2.24) is 9.36 Å². The van der Waals surface area contributed by atoms with Crippen molar-refractivity contribution < 1.29 is 8.42 Å². The number of primary sulfonamides is 1. The summed E-state index contributed by atoms with van der Waals surface area (Å²) in [5.74, 6) is 1.49. The van der Waals surface area contributed by atoms with Crippen molar-refractivity contribution in [3.05, 3.63) is 5.82 Å². The minimum absolute atomic E-state index is 0.0335. The van der Waals surface area contributed by atoms with E-state index in [1.807, 2.05) is 13.8 Å². The van der Waals surface area contributed by atoms with E-state index in [1.54, 1.807) is 0 Å². The Labute approximate surface area is 97.7 Å². The van der Waals surface area contributed by atoms with Crippen LogP contribution in [-0.2, 0) is 10.0 Å². The van der Waals surface area contributed by atoms with Crippen molar-refractivity contribution >= 4 is 33.3 Å². The lowest BCUT2D eigenvalue weighted by atomic mass is 10.2. The van der Waals surface area contributed by atoms with Gasteiger partial charge >= 0.3 is 0 Å². The third kappa shape index (κ3) is 4.92. The summed E-state index contributed by atoms with van der Waals surface area (Å²) in [5, 5.41) is 4.88. The summed E-state index contributed by atoms with van der Waals surface area (Å²) in [5.41, 5.74) is 0. The van der Waals surface area contributed by atoms with Crippen molar-refractivity contribution in [2.24, 2.45) is 5.14 Å². The Hall–Kier alpha value is -0.180. The molecule has 1 rings (SSSR count). The average Bonchev–Trinajstić information content (AvgIpc) is 2.50. The molecule has 0 aliphatic heterocycles. The Bertz CT molecular complexity index is 413. The molecular weight excluding hydrogens is 254 g/mol. The topological polar surface area (TPSA) is 85.9 Å². The largest absolute Gasteiger partial charge is 0.229 e. The summed E-state index contributed by atoms with van der Waals surface area (Å²) in [6.07, 6.45) is 0. The summed E-state index contributed by atoms with van der Waals surface area (Å²) in [6.45, 7) is 4.03. The predicted octanol–water partition coefficient (Wildman–Crippen LogP) is 1.04. The van der Waals surface area contributed by atoms with Crippen LogP contribution < -0.4 is 5.14 Å². The summed E-state index contributed by atoms with van der Waals surface area (Å²) in [6, 6.07) is 0. The van der Waals surface area contributed by atoms with Gasteiger partial charge in [-0.25, -0.2) is 18.5 Å². The van der Waals surface area contributed by atoms with Crippen LogP contribution in [0.2, 0.25) is 0 Å². The number of rotatable bonds is 5. The van der Waals surface area contributed by atoms with Crippen LogP contribution in [0.15, 0.2) is 4.34 Å². The molecular formula is C7H13N3O2S3. The smallest absolute Gasteiger partial charge is 0.209 e. The summed E-state index contributed by atoms with van der Waals surface area (Å²) in [4.78, 5) is 4.26. The van der Waals surface area contributed by atoms with Gasteiger partial charge in [-0.15, -0.1) is 0 Å². The van der Waals surface area contributed by atoms with E-state index in [-0.39, 0.29) is 5.75 Å². The highest BCUT2D eigenvalue weighted by Gasteiger charge is 2.09. The monoisotopic (exact) mass is 267 g/mol. The molecule has 0 aliphatic rings. The molecule has 0 bridgehead atoms. The number of hydrogen-bond acceptors (Lipinski definition) is 6. The van der Waals surface area contributed by atoms with Crippen LogP contribution in [0.3, 0.4) is 0 Å². The minimum atomic E-state index is -3.37. The molecule has 0 unspecified atom stereocenters. The molecule has 1 aromatic rings. The quantitative estimate of drug-likeness (QED) is 0.806. The number of nitrogens with zero attached hydrogens (tertiary/aromatic N) is 2. The average molecular weight is 267 g/mol. The van der Waals surface area contributed by atoms with Crippen LogP contribution in [-0.4, -0.2) is 29.3 Å². The minimum Gasteiger partial charge on any atom is -0.229 e. The molecule has 0 amide bonds. The van der Waals surface area contributed by atoms with E-state index in [9.17, 15) is 8.42 Å². The van der Waals surface area contributed by atoms with Crippen molar-refractivity contribution in [2.75, 3.05) is 11.5 Å². The second-order valence-corrected chi connectivity index (χ2v) is 7.12. The normalized spacial score (nSPS) is 12.3. The van der Waals surface area contributed by atoms with Gasteiger partial charge in [0.1, 0.15) is 5.82 Å². The van der Waals surface area contributed by atoms with Crippen LogP contribution in [0.5, 0.6) is 0 Å². The van der Waals surface area contributed by atoms with Gasteiger partial charge in [0.25, 0.3) is 0 Å². The molecule has 86 valence electrons. The number of thioether (sulfide) groups is 1. The van der Waals surface area contributed by atoms with Gasteiger partial charge in [-0.2, -0.15) is 4.37 Å². The Kier molecular flexibility index (Phi) is 4.50. The molecule has 5 nitrogen and oxygen atoms in total. The van der Waals surface area contributed by atoms with Crippen molar-refractivity contribution in [3.63, 3.8) is 0 Å². The fraction of sp³-hybridized carbons (Fsp3) is 0.714. The molecule has 0 aromatic carbocycles. The SMILES string of the molecule is CC(C)c1nsc(SCCS(N)(=O)=O)n1. The molecule has 0 spiro atoms. The number of hydrogen-bond donors (Lipinski definition) is 1. The van der Waals surface area contributed by atoms with Gasteiger partial charge in [-0.05, 0) is 11.5 Å². The first-order valence-corrected chi connectivity index (χ1v) is 7.83. The van der Waals surface area contributed by atoms with E-state index in [0.29, 0.717) is 11.7 Å². The highest BCUT2D eigenvalue weighted by molar-refractivity contribution is 8.01. The van der Waals surface area contributed by atoms with E-state index in [0.717, 1.165) is 10.2 Å². The molecule has 1 heterocycles. The number of sulfonamides is 1. The second kappa shape index (κ2) is 5.24. The number of aromatic nitrogens is 2. The van der Waals surface area contributed by atoms with Crippen molar-refractivity contribution in [1.29, 1.82) is 0 Å². The second-order valence-electron chi connectivity index (χ2n) is 3.29. The Morgan fingerprint density at radius 2 is 2.20 bits per heavy atom. The molecule has 2 N–H and O–H groups in total. The van der Waals surface area contributed by atoms with Crippen LogP contribution >= 0.6 is 23.3 Å². The van der Waals surface area contributed by atoms with E-state index >= 15 is 0 Å². The van der Waals surface area contributed by atoms with Crippen LogP contribution in [0, 0.1) is 0 Å². The fourth-order valence-corrected chi connectivity index (χ4v) is 3.48. The maximum Gasteiger partial charge on any atom is 0.209 e. The Morgan fingerprint density at radius 1 is 1.53 bits per heavy atom. The van der Waals surface area contributed by atoms with E-state index in [4.69, 9.17) is 5.14 Å². The highest BCUT2D eigenvalue weighted by atomic mass is 32.2. The van der Waals surface area contributed by atoms with Gasteiger partial charge in [0, 0.05) is 11.7 Å². The lowest BCUT2D eigenvalue weighted by Gasteiger charge is -1.96. The lowest BCUT2D eigenvalue weighted by molar-refractivity contribution is 0.599. The van der Waals surface area contributed by atoms with E-state index < -0.39 is 10.0 Å². The standard InChI is InChI=1S/C7H13N3O2S3/c1-5(2)6-9-7(14-10-6)13-3-4-15(8,11)12/h5H,3-4H2,1-2H3,(H2,8,11,12). The molecule has 8 heteroatoms. The molecule has 0 saturated carbocycles. The van der Waals surface area contributed by atoms with Gasteiger partial charge in [0.05, 0.1) is 5.75 Å². The van der Waals surface area contributed by atoms with Gasteiger partial charge in [0.15, 0.2) is 4.34 Å². The maximum absolute atomic E-state index is 10.7. The lowest BCUT2D eigenvalue weighted by Crippen LogP contribution is -2.17. The maximum atomic E-state index is 10.7. The molecule has 15 heavy (non-hydrogen) atoms. The van der Waals surface area contributed by atoms with Crippen molar-refractivity contribution in [3.8, 4) is 0 Å². The first-order valence-electron chi connectivity index (χ1n) is 4.35. The van der Waals surface area contributed by atoms with Gasteiger partial charge < -0.3 is 0 Å². The van der Waals surface area contributed by atoms with Crippen LogP contribution in [0.4, 0.5) is 0 Å². The molecule has 0 atom stereocenters. The molecule has 0 saturated heterocycles. The summed E-state index contributed by atoms with van der Waals surface area (Å²) < 4.78 is 26.3.